The normalized spacial score (nSPS) is 11.7. The van der Waals surface area contributed by atoms with E-state index in [1.165, 1.54) is 13.2 Å². The minimum Gasteiger partial charge on any atom is -0.479 e. The van der Waals surface area contributed by atoms with Crippen LogP contribution in [0.25, 0.3) is 0 Å². The van der Waals surface area contributed by atoms with Gasteiger partial charge in [0.1, 0.15) is 0 Å². The number of nitrogens with one attached hydrogen (secondary N) is 1. The van der Waals surface area contributed by atoms with Crippen molar-refractivity contribution in [2.75, 3.05) is 13.7 Å². The second kappa shape index (κ2) is 6.83. The van der Waals surface area contributed by atoms with Gasteiger partial charge in [-0.2, -0.15) is 0 Å². The van der Waals surface area contributed by atoms with Crippen LogP contribution in [0.1, 0.15) is 10.4 Å². The lowest BCUT2D eigenvalue weighted by molar-refractivity contribution is -0.384. The molecular weight excluding hydrogens is 292 g/mol. The Hall–Kier alpha value is -2.19. The van der Waals surface area contributed by atoms with Gasteiger partial charge in [0.25, 0.3) is 11.6 Å². The van der Waals surface area contributed by atoms with Crippen molar-refractivity contribution in [3.05, 3.63) is 38.9 Å². The number of benzene rings is 1. The molecule has 0 aliphatic carbocycles. The zero-order valence-electron chi connectivity index (χ0n) is 10.3. The average Bonchev–Trinajstić information content (AvgIpc) is 2.38. The fraction of sp³-hybridized carbons (Fsp3) is 0.273. The number of nitro benzene ring substituents is 1. The number of aliphatic carboxylic acids is 1. The van der Waals surface area contributed by atoms with Gasteiger partial charge in [-0.3, -0.25) is 14.9 Å². The summed E-state index contributed by atoms with van der Waals surface area (Å²) >= 11 is 5.77. The first-order chi connectivity index (χ1) is 9.36. The van der Waals surface area contributed by atoms with Gasteiger partial charge in [-0.25, -0.2) is 4.79 Å². The molecule has 0 aliphatic rings. The number of carboxylic acid groups (broad SMARTS) is 1. The molecule has 9 heteroatoms. The Balaban J connectivity index is 2.78. The maximum atomic E-state index is 11.8. The number of carbonyl (C=O) groups excluding carboxylic acids is 1. The van der Waals surface area contributed by atoms with Gasteiger partial charge in [-0.15, -0.1) is 0 Å². The van der Waals surface area contributed by atoms with Crippen LogP contribution < -0.4 is 5.32 Å². The van der Waals surface area contributed by atoms with Crippen molar-refractivity contribution in [3.8, 4) is 0 Å². The number of halogens is 1. The highest BCUT2D eigenvalue weighted by Gasteiger charge is 2.19. The number of carbonyl (C=O) groups is 2. The molecule has 1 aromatic rings. The summed E-state index contributed by atoms with van der Waals surface area (Å²) in [5.41, 5.74) is -0.232. The molecule has 1 amide bonds. The molecular formula is C11H11ClN2O6. The van der Waals surface area contributed by atoms with E-state index in [9.17, 15) is 19.7 Å². The van der Waals surface area contributed by atoms with Crippen molar-refractivity contribution < 1.29 is 24.4 Å². The fourth-order valence-electron chi connectivity index (χ4n) is 1.35. The van der Waals surface area contributed by atoms with E-state index in [1.54, 1.807) is 0 Å². The van der Waals surface area contributed by atoms with Crippen LogP contribution in [0.5, 0.6) is 0 Å². The molecule has 1 rings (SSSR count). The minimum atomic E-state index is -1.22. The largest absolute Gasteiger partial charge is 0.479 e. The highest BCUT2D eigenvalue weighted by molar-refractivity contribution is 6.34. The number of rotatable bonds is 6. The van der Waals surface area contributed by atoms with Crippen LogP contribution in [0.3, 0.4) is 0 Å². The highest BCUT2D eigenvalue weighted by atomic mass is 35.5. The lowest BCUT2D eigenvalue weighted by Crippen LogP contribution is -2.37. The van der Waals surface area contributed by atoms with E-state index in [4.69, 9.17) is 16.7 Å². The zero-order chi connectivity index (χ0) is 15.3. The van der Waals surface area contributed by atoms with Gasteiger partial charge in [0.15, 0.2) is 6.10 Å². The molecule has 8 nitrogen and oxygen atoms in total. The number of amides is 1. The van der Waals surface area contributed by atoms with Crippen LogP contribution in [0.4, 0.5) is 5.69 Å². The van der Waals surface area contributed by atoms with Gasteiger partial charge in [0.05, 0.1) is 22.1 Å². The molecule has 20 heavy (non-hydrogen) atoms. The third-order valence-electron chi connectivity index (χ3n) is 2.42. The number of carboxylic acids is 1. The maximum absolute atomic E-state index is 11.8. The number of ether oxygens (including phenoxy) is 1. The Morgan fingerprint density at radius 3 is 2.65 bits per heavy atom. The predicted molar refractivity (Wildman–Crippen MR) is 68.9 cm³/mol. The van der Waals surface area contributed by atoms with Gasteiger partial charge < -0.3 is 15.2 Å². The molecule has 0 bridgehead atoms. The van der Waals surface area contributed by atoms with Crippen molar-refractivity contribution in [2.45, 2.75) is 6.10 Å². The second-order valence-corrected chi connectivity index (χ2v) is 4.10. The zero-order valence-corrected chi connectivity index (χ0v) is 11.1. The Labute approximate surface area is 118 Å². The van der Waals surface area contributed by atoms with Gasteiger partial charge in [-0.1, -0.05) is 11.6 Å². The molecule has 2 N–H and O–H groups in total. The monoisotopic (exact) mass is 302 g/mol. The Morgan fingerprint density at radius 1 is 1.55 bits per heavy atom. The van der Waals surface area contributed by atoms with Gasteiger partial charge in [0, 0.05) is 19.2 Å². The summed E-state index contributed by atoms with van der Waals surface area (Å²) in [6.45, 7) is -0.252. The van der Waals surface area contributed by atoms with E-state index in [0.29, 0.717) is 0 Å². The predicted octanol–water partition coefficient (Wildman–Crippen LogP) is 1.08. The SMILES string of the molecule is COC(CNC(=O)c1ccc([N+](=O)[O-])cc1Cl)C(=O)O. The Bertz CT molecular complexity index is 548. The van der Waals surface area contributed by atoms with E-state index in [0.717, 1.165) is 12.1 Å². The van der Waals surface area contributed by atoms with Crippen molar-refractivity contribution >= 4 is 29.2 Å². The third kappa shape index (κ3) is 3.90. The van der Waals surface area contributed by atoms with Crippen LogP contribution in [-0.4, -0.2) is 41.7 Å². The van der Waals surface area contributed by atoms with Crippen molar-refractivity contribution in [1.29, 1.82) is 0 Å². The second-order valence-electron chi connectivity index (χ2n) is 3.69. The summed E-state index contributed by atoms with van der Waals surface area (Å²) in [4.78, 5) is 32.4. The van der Waals surface area contributed by atoms with Gasteiger partial charge in [-0.05, 0) is 6.07 Å². The number of non-ortho nitro benzene ring substituents is 1. The number of hydrogen-bond acceptors (Lipinski definition) is 5. The summed E-state index contributed by atoms with van der Waals surface area (Å²) in [5.74, 6) is -1.87. The number of nitrogens with zero attached hydrogens (tertiary/aromatic N) is 1. The van der Waals surface area contributed by atoms with Crippen molar-refractivity contribution in [2.24, 2.45) is 0 Å². The molecule has 0 aromatic heterocycles. The fourth-order valence-corrected chi connectivity index (χ4v) is 1.61. The van der Waals surface area contributed by atoms with Crippen molar-refractivity contribution in [1.82, 2.24) is 5.32 Å². The summed E-state index contributed by atoms with van der Waals surface area (Å²) in [7, 11) is 1.20. The lowest BCUT2D eigenvalue weighted by atomic mass is 10.2. The van der Waals surface area contributed by atoms with E-state index in [1.807, 2.05) is 0 Å². The third-order valence-corrected chi connectivity index (χ3v) is 2.73. The molecule has 1 atom stereocenters. The molecule has 1 unspecified atom stereocenters. The highest BCUT2D eigenvalue weighted by Crippen LogP contribution is 2.22. The number of methoxy groups -OCH3 is 1. The Kier molecular flexibility index (Phi) is 5.42. The van der Waals surface area contributed by atoms with E-state index in [-0.39, 0.29) is 22.8 Å². The Morgan fingerprint density at radius 2 is 2.20 bits per heavy atom. The topological polar surface area (TPSA) is 119 Å². The average molecular weight is 303 g/mol. The van der Waals surface area contributed by atoms with Crippen LogP contribution in [-0.2, 0) is 9.53 Å². The van der Waals surface area contributed by atoms with E-state index < -0.39 is 22.9 Å². The molecule has 108 valence electrons. The van der Waals surface area contributed by atoms with Crippen LogP contribution >= 0.6 is 11.6 Å². The molecule has 1 aromatic carbocycles. The van der Waals surface area contributed by atoms with Crippen LogP contribution in [0.15, 0.2) is 18.2 Å². The molecule has 0 heterocycles. The lowest BCUT2D eigenvalue weighted by Gasteiger charge is -2.12. The molecule has 0 aliphatic heterocycles. The van der Waals surface area contributed by atoms with E-state index in [2.05, 4.69) is 10.1 Å². The molecule has 0 radical (unpaired) electrons. The van der Waals surface area contributed by atoms with Crippen LogP contribution in [0, 0.1) is 10.1 Å². The smallest absolute Gasteiger partial charge is 0.334 e. The minimum absolute atomic E-state index is 0.0116. The molecule has 0 saturated heterocycles. The summed E-state index contributed by atoms with van der Waals surface area (Å²) < 4.78 is 4.64. The molecule has 0 fully saturated rings. The number of nitro groups is 1. The summed E-state index contributed by atoms with van der Waals surface area (Å²) in [6, 6.07) is 3.37. The first kappa shape index (κ1) is 15.9. The summed E-state index contributed by atoms with van der Waals surface area (Å²) in [5, 5.41) is 21.5. The summed E-state index contributed by atoms with van der Waals surface area (Å²) in [6.07, 6.45) is -1.18. The number of hydrogen-bond donors (Lipinski definition) is 2. The quantitative estimate of drug-likeness (QED) is 0.599. The standard InChI is InChI=1S/C11H11ClN2O6/c1-20-9(11(16)17)5-13-10(15)7-3-2-6(14(18)19)4-8(7)12/h2-4,9H,5H2,1H3,(H,13,15)(H,16,17). The molecule has 0 spiro atoms. The maximum Gasteiger partial charge on any atom is 0.334 e. The van der Waals surface area contributed by atoms with Gasteiger partial charge >= 0.3 is 5.97 Å². The van der Waals surface area contributed by atoms with Crippen LogP contribution in [0.2, 0.25) is 5.02 Å². The molecule has 0 saturated carbocycles. The first-order valence-electron chi connectivity index (χ1n) is 5.34. The van der Waals surface area contributed by atoms with Crippen molar-refractivity contribution in [3.63, 3.8) is 0 Å². The first-order valence-corrected chi connectivity index (χ1v) is 5.72. The van der Waals surface area contributed by atoms with Gasteiger partial charge in [0.2, 0.25) is 0 Å². The van der Waals surface area contributed by atoms with E-state index >= 15 is 0 Å².